The largest absolute Gasteiger partial charge is 0.748 e. The second-order valence-electron chi connectivity index (χ2n) is 2.30. The number of hydrogen-bond donors (Lipinski definition) is 2. The standard InChI is InChI=1S/C6H11NO4S.H3N/c1-5(2)6(8)7-3-4-12(9,10)11;/h1,3-4H2,2H3,(H,7,8)(H,9,10,11);1H3. The van der Waals surface area contributed by atoms with E-state index in [4.69, 9.17) is 0 Å². The summed E-state index contributed by atoms with van der Waals surface area (Å²) in [6, 6.07) is 0. The van der Waals surface area contributed by atoms with E-state index < -0.39 is 21.8 Å². The molecule has 5 N–H and O–H groups in total. The predicted octanol–water partition coefficient (Wildman–Crippen LogP) is -0.400. The molecule has 0 saturated carbocycles. The Labute approximate surface area is 77.4 Å². The molecule has 0 rings (SSSR count). The van der Waals surface area contributed by atoms with E-state index >= 15 is 0 Å². The van der Waals surface area contributed by atoms with Crippen molar-refractivity contribution in [3.63, 3.8) is 0 Å². The maximum atomic E-state index is 10.7. The first kappa shape index (κ1) is 14.6. The zero-order valence-electron chi connectivity index (χ0n) is 7.66. The first-order valence-electron chi connectivity index (χ1n) is 3.20. The highest BCUT2D eigenvalue weighted by Gasteiger charge is 2.01. The third-order valence-electron chi connectivity index (χ3n) is 1.03. The lowest BCUT2D eigenvalue weighted by atomic mass is 10.3. The van der Waals surface area contributed by atoms with Crippen LogP contribution in [0.3, 0.4) is 0 Å². The molecule has 0 atom stereocenters. The molecule has 6 nitrogen and oxygen atoms in total. The summed E-state index contributed by atoms with van der Waals surface area (Å²) < 4.78 is 30.2. The lowest BCUT2D eigenvalue weighted by molar-refractivity contribution is -0.117. The topological polar surface area (TPSA) is 123 Å². The van der Waals surface area contributed by atoms with Gasteiger partial charge in [-0.3, -0.25) is 4.79 Å². The molecule has 78 valence electrons. The van der Waals surface area contributed by atoms with Crippen LogP contribution in [0.5, 0.6) is 0 Å². The molecule has 0 bridgehead atoms. The molecular weight excluding hydrogens is 196 g/mol. The molecular formula is C6H14N2O4S. The van der Waals surface area contributed by atoms with Crippen LogP contribution in [0.1, 0.15) is 6.92 Å². The molecule has 0 aliphatic carbocycles. The Morgan fingerprint density at radius 2 is 2.00 bits per heavy atom. The number of rotatable bonds is 4. The molecule has 0 fully saturated rings. The predicted molar refractivity (Wildman–Crippen MR) is 48.4 cm³/mol. The van der Waals surface area contributed by atoms with Gasteiger partial charge in [0.1, 0.15) is 0 Å². The van der Waals surface area contributed by atoms with Crippen molar-refractivity contribution in [2.75, 3.05) is 12.3 Å². The Bertz CT molecular complexity index is 283. The normalized spacial score (nSPS) is 10.0. The van der Waals surface area contributed by atoms with Gasteiger partial charge in [0, 0.05) is 12.1 Å². The van der Waals surface area contributed by atoms with Gasteiger partial charge in [-0.1, -0.05) is 6.58 Å². The highest BCUT2D eigenvalue weighted by atomic mass is 32.2. The molecule has 0 aliphatic rings. The van der Waals surface area contributed by atoms with E-state index in [1.807, 2.05) is 0 Å². The third kappa shape index (κ3) is 8.99. The molecule has 0 radical (unpaired) electrons. The van der Waals surface area contributed by atoms with E-state index in [-0.39, 0.29) is 18.3 Å². The number of amides is 1. The summed E-state index contributed by atoms with van der Waals surface area (Å²) in [5, 5.41) is 2.22. The lowest BCUT2D eigenvalue weighted by Gasteiger charge is -2.07. The summed E-state index contributed by atoms with van der Waals surface area (Å²) >= 11 is 0. The number of carbonyl (C=O) groups excluding carboxylic acids is 1. The minimum atomic E-state index is -4.24. The molecule has 0 spiro atoms. The Morgan fingerprint density at radius 1 is 1.54 bits per heavy atom. The molecule has 0 heterocycles. The summed E-state index contributed by atoms with van der Waals surface area (Å²) in [6.45, 7) is 4.65. The maximum absolute atomic E-state index is 10.7. The van der Waals surface area contributed by atoms with Gasteiger partial charge in [-0.25, -0.2) is 8.42 Å². The molecule has 1 amide bonds. The van der Waals surface area contributed by atoms with Crippen LogP contribution >= 0.6 is 0 Å². The van der Waals surface area contributed by atoms with E-state index in [1.54, 1.807) is 0 Å². The zero-order valence-corrected chi connectivity index (χ0v) is 8.48. The summed E-state index contributed by atoms with van der Waals surface area (Å²) in [6.07, 6.45) is 0. The van der Waals surface area contributed by atoms with E-state index in [9.17, 15) is 17.8 Å². The van der Waals surface area contributed by atoms with Crippen LogP contribution in [0.4, 0.5) is 0 Å². The van der Waals surface area contributed by atoms with Gasteiger partial charge in [-0.15, -0.1) is 0 Å². The van der Waals surface area contributed by atoms with Crippen molar-refractivity contribution in [2.45, 2.75) is 6.92 Å². The summed E-state index contributed by atoms with van der Waals surface area (Å²) in [5.74, 6) is -1.04. The van der Waals surface area contributed by atoms with Crippen LogP contribution in [-0.4, -0.2) is 31.2 Å². The Morgan fingerprint density at radius 3 is 2.31 bits per heavy atom. The van der Waals surface area contributed by atoms with E-state index in [0.29, 0.717) is 0 Å². The van der Waals surface area contributed by atoms with Crippen molar-refractivity contribution in [3.8, 4) is 0 Å². The van der Waals surface area contributed by atoms with Crippen LogP contribution in [-0.2, 0) is 14.9 Å². The van der Waals surface area contributed by atoms with Crippen molar-refractivity contribution in [1.29, 1.82) is 0 Å². The van der Waals surface area contributed by atoms with Crippen LogP contribution in [0, 0.1) is 0 Å². The monoisotopic (exact) mass is 210 g/mol. The van der Waals surface area contributed by atoms with Crippen LogP contribution in [0.25, 0.3) is 0 Å². The minimum absolute atomic E-state index is 0. The van der Waals surface area contributed by atoms with Crippen molar-refractivity contribution in [2.24, 2.45) is 0 Å². The molecule has 0 saturated heterocycles. The molecule has 7 heteroatoms. The van der Waals surface area contributed by atoms with Gasteiger partial charge >= 0.3 is 0 Å². The van der Waals surface area contributed by atoms with Gasteiger partial charge < -0.3 is 16.0 Å². The quantitative estimate of drug-likeness (QED) is 0.484. The first-order chi connectivity index (χ1) is 5.33. The molecule has 0 aromatic heterocycles. The summed E-state index contributed by atoms with van der Waals surface area (Å²) in [7, 11) is -4.24. The van der Waals surface area contributed by atoms with Crippen LogP contribution in [0.15, 0.2) is 12.2 Å². The van der Waals surface area contributed by atoms with Crippen LogP contribution in [0.2, 0.25) is 0 Å². The number of hydrogen-bond acceptors (Lipinski definition) is 4. The lowest BCUT2D eigenvalue weighted by Crippen LogP contribution is -2.29. The van der Waals surface area contributed by atoms with Gasteiger partial charge in [0.25, 0.3) is 0 Å². The van der Waals surface area contributed by atoms with Gasteiger partial charge in [0.05, 0.1) is 15.9 Å². The summed E-state index contributed by atoms with van der Waals surface area (Å²) in [4.78, 5) is 10.7. The van der Waals surface area contributed by atoms with Gasteiger partial charge in [-0.05, 0) is 6.92 Å². The van der Waals surface area contributed by atoms with Gasteiger partial charge in [0.15, 0.2) is 0 Å². The number of carbonyl (C=O) groups is 1. The fourth-order valence-electron chi connectivity index (χ4n) is 0.440. The number of quaternary nitrogens is 1. The van der Waals surface area contributed by atoms with Crippen molar-refractivity contribution in [1.82, 2.24) is 11.5 Å². The molecule has 0 unspecified atom stereocenters. The fraction of sp³-hybridized carbons (Fsp3) is 0.500. The molecule has 0 aliphatic heterocycles. The number of nitrogens with one attached hydrogen (secondary N) is 1. The third-order valence-corrected chi connectivity index (χ3v) is 1.73. The molecule has 13 heavy (non-hydrogen) atoms. The van der Waals surface area contributed by atoms with E-state index in [2.05, 4.69) is 11.9 Å². The highest BCUT2D eigenvalue weighted by molar-refractivity contribution is 7.85. The van der Waals surface area contributed by atoms with Gasteiger partial charge in [-0.2, -0.15) is 0 Å². The second kappa shape index (κ2) is 5.68. The average Bonchev–Trinajstić information content (AvgIpc) is 1.84. The Kier molecular flexibility index (Phi) is 6.38. The van der Waals surface area contributed by atoms with Crippen LogP contribution < -0.4 is 11.5 Å². The van der Waals surface area contributed by atoms with Crippen molar-refractivity contribution < 1.29 is 17.8 Å². The minimum Gasteiger partial charge on any atom is -0.748 e. The summed E-state index contributed by atoms with van der Waals surface area (Å²) in [5.41, 5.74) is 0.276. The van der Waals surface area contributed by atoms with E-state index in [1.165, 1.54) is 6.92 Å². The molecule has 0 aromatic rings. The van der Waals surface area contributed by atoms with Crippen molar-refractivity contribution in [3.05, 3.63) is 12.2 Å². The van der Waals surface area contributed by atoms with Crippen molar-refractivity contribution >= 4 is 16.0 Å². The highest BCUT2D eigenvalue weighted by Crippen LogP contribution is 1.85. The molecule has 0 aromatic carbocycles. The van der Waals surface area contributed by atoms with Gasteiger partial charge in [0.2, 0.25) is 5.91 Å². The first-order valence-corrected chi connectivity index (χ1v) is 4.78. The average molecular weight is 210 g/mol. The second-order valence-corrected chi connectivity index (χ2v) is 3.82. The Balaban J connectivity index is 0. The Hall–Kier alpha value is -0.920. The van der Waals surface area contributed by atoms with E-state index in [0.717, 1.165) is 0 Å². The fourth-order valence-corrected chi connectivity index (χ4v) is 0.793. The zero-order chi connectivity index (χ0) is 9.78. The SMILES string of the molecule is C=C(C)C(=O)NCCS(=O)(=O)[O-].[NH4+]. The maximum Gasteiger partial charge on any atom is 0.246 e. The smallest absolute Gasteiger partial charge is 0.246 e.